The highest BCUT2D eigenvalue weighted by molar-refractivity contribution is 6.28. The van der Waals surface area contributed by atoms with Gasteiger partial charge in [0.1, 0.15) is 6.10 Å². The van der Waals surface area contributed by atoms with Crippen molar-refractivity contribution in [1.82, 2.24) is 0 Å². The number of carbonyl (C=O) groups excluding carboxylic acids is 1. The molecule has 0 aromatic rings. The van der Waals surface area contributed by atoms with Crippen LogP contribution in [0.15, 0.2) is 23.8 Å². The molecular weight excluding hydrogens is 220 g/mol. The summed E-state index contributed by atoms with van der Waals surface area (Å²) in [6.07, 6.45) is 0.640. The molecule has 2 atom stereocenters. The Kier molecular flexibility index (Phi) is 3.41. The Morgan fingerprint density at radius 3 is 2.38 bits per heavy atom. The van der Waals surface area contributed by atoms with Crippen molar-refractivity contribution in [2.24, 2.45) is 0 Å². The molecule has 1 aliphatic carbocycles. The van der Waals surface area contributed by atoms with E-state index in [4.69, 9.17) is 10.2 Å². The summed E-state index contributed by atoms with van der Waals surface area (Å²) in [5.74, 6) is -4.63. The summed E-state index contributed by atoms with van der Waals surface area (Å²) in [7, 11) is 0. The second-order valence-corrected chi connectivity index (χ2v) is 2.95. The minimum atomic E-state index is -1.81. The van der Waals surface area contributed by atoms with E-state index in [1.165, 1.54) is 0 Å². The first-order chi connectivity index (χ1) is 7.41. The van der Waals surface area contributed by atoms with Gasteiger partial charge in [-0.2, -0.15) is 0 Å². The predicted molar refractivity (Wildman–Crippen MR) is 48.4 cm³/mol. The zero-order valence-electron chi connectivity index (χ0n) is 7.86. The first-order valence-corrected chi connectivity index (χ1v) is 4.17. The number of aliphatic carboxylic acids is 2. The van der Waals surface area contributed by atoms with Crippen LogP contribution in [0.4, 0.5) is 0 Å². The van der Waals surface area contributed by atoms with Crippen LogP contribution in [0.2, 0.25) is 0 Å². The summed E-state index contributed by atoms with van der Waals surface area (Å²) in [5.41, 5.74) is -0.187. The lowest BCUT2D eigenvalue weighted by atomic mass is 10.0. The third kappa shape index (κ3) is 2.67. The van der Waals surface area contributed by atoms with Crippen LogP contribution in [0, 0.1) is 0 Å². The molecule has 0 spiro atoms. The van der Waals surface area contributed by atoms with Crippen molar-refractivity contribution in [3.8, 4) is 0 Å². The van der Waals surface area contributed by atoms with Crippen molar-refractivity contribution >= 4 is 17.9 Å². The number of carboxylic acid groups (broad SMARTS) is 2. The normalized spacial score (nSPS) is 23.4. The Hall–Kier alpha value is -2.15. The average Bonchev–Trinajstić information content (AvgIpc) is 2.20. The lowest BCUT2D eigenvalue weighted by molar-refractivity contribution is -0.168. The van der Waals surface area contributed by atoms with Gasteiger partial charge in [-0.25, -0.2) is 14.4 Å². The van der Waals surface area contributed by atoms with Gasteiger partial charge in [-0.3, -0.25) is 0 Å². The summed E-state index contributed by atoms with van der Waals surface area (Å²) in [6, 6.07) is 0. The standard InChI is InChI=1S/C9H8O7/c10-5-2-1-4(7(11)12)3-6(5)16-9(15)8(13)14/h1-3,5-6,10H,(H,11,12)(H,13,14)/t5-,6-/m1/s1. The minimum absolute atomic E-state index is 0.187. The highest BCUT2D eigenvalue weighted by Gasteiger charge is 2.27. The van der Waals surface area contributed by atoms with Crippen molar-refractivity contribution in [3.05, 3.63) is 23.8 Å². The molecule has 1 rings (SSSR count). The molecule has 0 bridgehead atoms. The number of hydrogen-bond donors (Lipinski definition) is 3. The maximum Gasteiger partial charge on any atom is 0.417 e. The van der Waals surface area contributed by atoms with Crippen LogP contribution < -0.4 is 0 Å². The van der Waals surface area contributed by atoms with Gasteiger partial charge in [0.25, 0.3) is 0 Å². The van der Waals surface area contributed by atoms with Gasteiger partial charge in [0, 0.05) is 0 Å². The number of esters is 1. The zero-order chi connectivity index (χ0) is 12.3. The SMILES string of the molecule is O=C(O)C(=O)O[C@@H]1C=C(C(=O)O)C=C[C@H]1O. The lowest BCUT2D eigenvalue weighted by Gasteiger charge is -2.20. The monoisotopic (exact) mass is 228 g/mol. The van der Waals surface area contributed by atoms with Gasteiger partial charge >= 0.3 is 17.9 Å². The first-order valence-electron chi connectivity index (χ1n) is 4.17. The van der Waals surface area contributed by atoms with Gasteiger partial charge in [0.05, 0.1) is 5.57 Å². The van der Waals surface area contributed by atoms with Crippen molar-refractivity contribution in [3.63, 3.8) is 0 Å². The zero-order valence-corrected chi connectivity index (χ0v) is 7.86. The molecule has 0 radical (unpaired) electrons. The van der Waals surface area contributed by atoms with Crippen LogP contribution in [-0.4, -0.2) is 45.4 Å². The Morgan fingerprint density at radius 2 is 1.88 bits per heavy atom. The largest absolute Gasteiger partial charge is 0.478 e. The fraction of sp³-hybridized carbons (Fsp3) is 0.222. The molecule has 0 fully saturated rings. The summed E-state index contributed by atoms with van der Waals surface area (Å²) in [6.45, 7) is 0. The molecule has 0 heterocycles. The first kappa shape index (κ1) is 11.9. The van der Waals surface area contributed by atoms with E-state index in [9.17, 15) is 19.5 Å². The smallest absolute Gasteiger partial charge is 0.417 e. The number of aliphatic hydroxyl groups is 1. The summed E-state index contributed by atoms with van der Waals surface area (Å²) < 4.78 is 4.37. The van der Waals surface area contributed by atoms with E-state index in [0.717, 1.165) is 18.2 Å². The molecular formula is C9H8O7. The molecule has 0 amide bonds. The van der Waals surface area contributed by atoms with Gasteiger partial charge in [-0.15, -0.1) is 0 Å². The molecule has 0 aromatic carbocycles. The fourth-order valence-corrected chi connectivity index (χ4v) is 1.06. The second kappa shape index (κ2) is 4.58. The quantitative estimate of drug-likeness (QED) is 0.406. The van der Waals surface area contributed by atoms with Gasteiger partial charge in [0.2, 0.25) is 0 Å². The number of ether oxygens (including phenoxy) is 1. The van der Waals surface area contributed by atoms with Crippen LogP contribution in [0.5, 0.6) is 0 Å². The topological polar surface area (TPSA) is 121 Å². The Morgan fingerprint density at radius 1 is 1.25 bits per heavy atom. The molecule has 16 heavy (non-hydrogen) atoms. The van der Waals surface area contributed by atoms with E-state index < -0.39 is 30.1 Å². The van der Waals surface area contributed by atoms with Crippen molar-refractivity contribution in [2.45, 2.75) is 12.2 Å². The molecule has 86 valence electrons. The van der Waals surface area contributed by atoms with E-state index >= 15 is 0 Å². The third-order valence-corrected chi connectivity index (χ3v) is 1.82. The highest BCUT2D eigenvalue weighted by Crippen LogP contribution is 2.14. The summed E-state index contributed by atoms with van der Waals surface area (Å²) in [4.78, 5) is 31.5. The maximum absolute atomic E-state index is 10.7. The maximum atomic E-state index is 10.7. The van der Waals surface area contributed by atoms with E-state index in [1.54, 1.807) is 0 Å². The molecule has 0 unspecified atom stereocenters. The van der Waals surface area contributed by atoms with Crippen molar-refractivity contribution < 1.29 is 34.4 Å². The Labute approximate surface area is 89.3 Å². The van der Waals surface area contributed by atoms with Gasteiger partial charge in [0.15, 0.2) is 6.10 Å². The number of carbonyl (C=O) groups is 3. The molecule has 0 saturated heterocycles. The van der Waals surface area contributed by atoms with Crippen LogP contribution >= 0.6 is 0 Å². The average molecular weight is 228 g/mol. The molecule has 0 saturated carbocycles. The van der Waals surface area contributed by atoms with Gasteiger partial charge in [-0.05, 0) is 12.2 Å². The minimum Gasteiger partial charge on any atom is -0.478 e. The van der Waals surface area contributed by atoms with Crippen LogP contribution in [0.3, 0.4) is 0 Å². The third-order valence-electron chi connectivity index (χ3n) is 1.82. The number of rotatable bonds is 2. The number of aliphatic hydroxyl groups excluding tert-OH is 1. The molecule has 0 aromatic heterocycles. The van der Waals surface area contributed by atoms with Crippen LogP contribution in [0.1, 0.15) is 0 Å². The van der Waals surface area contributed by atoms with Crippen molar-refractivity contribution in [1.29, 1.82) is 0 Å². The summed E-state index contributed by atoms with van der Waals surface area (Å²) >= 11 is 0. The highest BCUT2D eigenvalue weighted by atomic mass is 16.6. The van der Waals surface area contributed by atoms with Crippen LogP contribution in [-0.2, 0) is 19.1 Å². The van der Waals surface area contributed by atoms with Gasteiger partial charge < -0.3 is 20.1 Å². The number of hydrogen-bond acceptors (Lipinski definition) is 5. The Balaban J connectivity index is 2.80. The van der Waals surface area contributed by atoms with Crippen molar-refractivity contribution in [2.75, 3.05) is 0 Å². The van der Waals surface area contributed by atoms with E-state index in [1.807, 2.05) is 0 Å². The lowest BCUT2D eigenvalue weighted by Crippen LogP contribution is -2.33. The summed E-state index contributed by atoms with van der Waals surface area (Å²) in [5, 5.41) is 26.2. The fourth-order valence-electron chi connectivity index (χ4n) is 1.06. The molecule has 0 aliphatic heterocycles. The molecule has 1 aliphatic rings. The molecule has 7 nitrogen and oxygen atoms in total. The Bertz CT molecular complexity index is 393. The predicted octanol–water partition coefficient (Wildman–Crippen LogP) is -1.08. The van der Waals surface area contributed by atoms with E-state index in [0.29, 0.717) is 0 Å². The van der Waals surface area contributed by atoms with Gasteiger partial charge in [-0.1, -0.05) is 6.08 Å². The molecule has 7 heteroatoms. The molecule has 3 N–H and O–H groups in total. The number of carboxylic acids is 2. The van der Waals surface area contributed by atoms with E-state index in [-0.39, 0.29) is 5.57 Å². The second-order valence-electron chi connectivity index (χ2n) is 2.95. The van der Waals surface area contributed by atoms with E-state index in [2.05, 4.69) is 4.74 Å². The van der Waals surface area contributed by atoms with Crippen LogP contribution in [0.25, 0.3) is 0 Å².